The maximum atomic E-state index is 13.0. The Hall–Kier alpha value is -4.38. The van der Waals surface area contributed by atoms with Crippen LogP contribution in [0.5, 0.6) is 11.5 Å². The Morgan fingerprint density at radius 2 is 1.53 bits per heavy atom. The van der Waals surface area contributed by atoms with Crippen LogP contribution < -0.4 is 14.8 Å². The molecule has 1 aliphatic rings. The number of amides is 2. The van der Waals surface area contributed by atoms with Crippen LogP contribution in [0.1, 0.15) is 23.2 Å². The number of piperidine rings is 1. The van der Waals surface area contributed by atoms with E-state index in [2.05, 4.69) is 10.0 Å². The number of carbonyl (C=O) groups is 3. The lowest BCUT2D eigenvalue weighted by Gasteiger charge is -2.30. The molecule has 3 aromatic rings. The van der Waals surface area contributed by atoms with Crippen LogP contribution in [0.4, 0.5) is 5.69 Å². The zero-order valence-corrected chi connectivity index (χ0v) is 21.2. The van der Waals surface area contributed by atoms with Crippen molar-refractivity contribution in [2.24, 2.45) is 5.92 Å². The van der Waals surface area contributed by atoms with Gasteiger partial charge in [-0.1, -0.05) is 30.3 Å². The van der Waals surface area contributed by atoms with Gasteiger partial charge in [-0.15, -0.1) is 0 Å². The Kier molecular flexibility index (Phi) is 8.27. The number of rotatable bonds is 9. The van der Waals surface area contributed by atoms with Crippen LogP contribution in [-0.4, -0.2) is 55.8 Å². The fourth-order valence-corrected chi connectivity index (χ4v) is 5.06. The highest BCUT2D eigenvalue weighted by molar-refractivity contribution is 7.92. The van der Waals surface area contributed by atoms with Crippen molar-refractivity contribution in [1.29, 1.82) is 0 Å². The van der Waals surface area contributed by atoms with Gasteiger partial charge in [0.15, 0.2) is 5.75 Å². The quantitative estimate of drug-likeness (QED) is 0.380. The maximum Gasteiger partial charge on any atom is 0.306 e. The average Bonchev–Trinajstić information content (AvgIpc) is 2.93. The summed E-state index contributed by atoms with van der Waals surface area (Å²) in [4.78, 5) is 37.4. The van der Waals surface area contributed by atoms with Crippen molar-refractivity contribution in [3.05, 3.63) is 84.4 Å². The number of likely N-dealkylation sites (tertiary alicyclic amines) is 1. The summed E-state index contributed by atoms with van der Waals surface area (Å²) in [5.74, 6) is -1.27. The van der Waals surface area contributed by atoms with Crippen LogP contribution in [0.3, 0.4) is 0 Å². The zero-order chi connectivity index (χ0) is 27.1. The van der Waals surface area contributed by atoms with E-state index in [1.807, 2.05) is 6.07 Å². The van der Waals surface area contributed by atoms with Gasteiger partial charge in [0.1, 0.15) is 5.75 Å². The van der Waals surface area contributed by atoms with Crippen molar-refractivity contribution >= 4 is 33.5 Å². The molecule has 3 N–H and O–H groups in total. The molecule has 0 spiro atoms. The minimum absolute atomic E-state index is 0.0547. The summed E-state index contributed by atoms with van der Waals surface area (Å²) in [6.07, 6.45) is 0.754. The van der Waals surface area contributed by atoms with Gasteiger partial charge in [0.05, 0.1) is 23.0 Å². The van der Waals surface area contributed by atoms with E-state index < -0.39 is 27.8 Å². The predicted molar refractivity (Wildman–Crippen MR) is 139 cm³/mol. The lowest BCUT2D eigenvalue weighted by atomic mass is 9.97. The summed E-state index contributed by atoms with van der Waals surface area (Å²) in [6.45, 7) is 0.409. The average molecular weight is 538 g/mol. The summed E-state index contributed by atoms with van der Waals surface area (Å²) >= 11 is 0. The number of nitrogens with one attached hydrogen (secondary N) is 2. The molecule has 10 nitrogen and oxygen atoms in total. The summed E-state index contributed by atoms with van der Waals surface area (Å²) in [5.41, 5.74) is 0.443. The van der Waals surface area contributed by atoms with E-state index >= 15 is 0 Å². The number of anilines is 1. The summed E-state index contributed by atoms with van der Waals surface area (Å²) in [5, 5.41) is 11.6. The first-order valence-corrected chi connectivity index (χ1v) is 13.4. The number of carbonyl (C=O) groups excluding carboxylic acids is 2. The van der Waals surface area contributed by atoms with E-state index in [-0.39, 0.29) is 28.6 Å². The maximum absolute atomic E-state index is 13.0. The van der Waals surface area contributed by atoms with Crippen molar-refractivity contribution in [3.8, 4) is 11.5 Å². The number of sulfonamides is 1. The molecular weight excluding hydrogens is 510 g/mol. The van der Waals surface area contributed by atoms with Crippen molar-refractivity contribution in [2.45, 2.75) is 17.7 Å². The second kappa shape index (κ2) is 11.8. The minimum atomic E-state index is -3.99. The third-order valence-corrected chi connectivity index (χ3v) is 7.51. The fourth-order valence-electron chi connectivity index (χ4n) is 3.99. The highest BCUT2D eigenvalue weighted by Gasteiger charge is 2.27. The lowest BCUT2D eigenvalue weighted by Crippen LogP contribution is -2.45. The van der Waals surface area contributed by atoms with Crippen LogP contribution >= 0.6 is 0 Å². The van der Waals surface area contributed by atoms with Crippen LogP contribution in [0, 0.1) is 5.92 Å². The van der Waals surface area contributed by atoms with Gasteiger partial charge in [-0.2, -0.15) is 0 Å². The predicted octanol–water partition coefficient (Wildman–Crippen LogP) is 3.33. The Morgan fingerprint density at radius 1 is 0.895 bits per heavy atom. The van der Waals surface area contributed by atoms with E-state index in [4.69, 9.17) is 9.84 Å². The van der Waals surface area contributed by atoms with Gasteiger partial charge >= 0.3 is 5.97 Å². The molecule has 0 aliphatic carbocycles. The van der Waals surface area contributed by atoms with E-state index in [1.54, 1.807) is 48.5 Å². The van der Waals surface area contributed by atoms with Crippen LogP contribution in [0.25, 0.3) is 0 Å². The van der Waals surface area contributed by atoms with Crippen LogP contribution in [0.15, 0.2) is 83.8 Å². The molecule has 0 bridgehead atoms. The molecule has 2 amide bonds. The van der Waals surface area contributed by atoms with E-state index in [9.17, 15) is 22.8 Å². The molecule has 0 unspecified atom stereocenters. The molecule has 3 aromatic carbocycles. The number of hydrogen-bond acceptors (Lipinski definition) is 6. The number of nitrogens with zero attached hydrogens (tertiary/aromatic N) is 1. The molecule has 0 aromatic heterocycles. The second-order valence-corrected chi connectivity index (χ2v) is 10.4. The van der Waals surface area contributed by atoms with Gasteiger partial charge in [0.25, 0.3) is 15.9 Å². The number of ether oxygens (including phenoxy) is 1. The number of benzene rings is 3. The summed E-state index contributed by atoms with van der Waals surface area (Å²) in [7, 11) is -3.99. The number of para-hydroxylation sites is 3. The molecule has 38 heavy (non-hydrogen) atoms. The molecule has 1 aliphatic heterocycles. The molecule has 0 saturated carbocycles. The Labute approximate surface area is 220 Å². The van der Waals surface area contributed by atoms with Crippen molar-refractivity contribution < 1.29 is 32.6 Å². The molecule has 1 fully saturated rings. The topological polar surface area (TPSA) is 142 Å². The third kappa shape index (κ3) is 6.68. The molecule has 1 saturated heterocycles. The number of carboxylic acids is 1. The zero-order valence-electron chi connectivity index (χ0n) is 20.4. The van der Waals surface area contributed by atoms with Gasteiger partial charge < -0.3 is 20.1 Å². The lowest BCUT2D eigenvalue weighted by molar-refractivity contribution is -0.145. The summed E-state index contributed by atoms with van der Waals surface area (Å²) < 4.78 is 34.3. The first-order valence-electron chi connectivity index (χ1n) is 12.0. The second-order valence-electron chi connectivity index (χ2n) is 8.72. The molecule has 0 radical (unpaired) electrons. The molecule has 198 valence electrons. The van der Waals surface area contributed by atoms with Gasteiger partial charge in [-0.3, -0.25) is 19.1 Å². The van der Waals surface area contributed by atoms with Crippen LogP contribution in [0.2, 0.25) is 0 Å². The standard InChI is InChI=1S/C27H27N3O7S/c31-25(30-16-14-20(15-17-30)27(33)34)18-28-26(32)19-10-12-22(13-11-19)38(35,36)29-23-8-4-5-9-24(23)37-21-6-2-1-3-7-21/h1-13,20,29H,14-18H2,(H,28,32)(H,33,34). The molecule has 0 atom stereocenters. The number of aliphatic carboxylic acids is 1. The molecular formula is C27H27N3O7S. The fraction of sp³-hybridized carbons (Fsp3) is 0.222. The van der Waals surface area contributed by atoms with Crippen molar-refractivity contribution in [3.63, 3.8) is 0 Å². The SMILES string of the molecule is O=C(NCC(=O)N1CCC(C(=O)O)CC1)c1ccc(S(=O)(=O)Nc2ccccc2Oc2ccccc2)cc1. The van der Waals surface area contributed by atoms with E-state index in [0.29, 0.717) is 37.4 Å². The first-order chi connectivity index (χ1) is 18.2. The number of carboxylic acid groups (broad SMARTS) is 1. The Morgan fingerprint density at radius 3 is 2.18 bits per heavy atom. The van der Waals surface area contributed by atoms with Crippen molar-refractivity contribution in [1.82, 2.24) is 10.2 Å². The van der Waals surface area contributed by atoms with Gasteiger partial charge in [0, 0.05) is 18.7 Å². The molecule has 11 heteroatoms. The van der Waals surface area contributed by atoms with E-state index in [1.165, 1.54) is 29.2 Å². The normalized spacial score (nSPS) is 13.9. The van der Waals surface area contributed by atoms with E-state index in [0.717, 1.165) is 0 Å². The highest BCUT2D eigenvalue weighted by Crippen LogP contribution is 2.31. The third-order valence-electron chi connectivity index (χ3n) is 6.13. The Bertz CT molecular complexity index is 1400. The first kappa shape index (κ1) is 26.7. The number of hydrogen-bond donors (Lipinski definition) is 3. The minimum Gasteiger partial charge on any atom is -0.481 e. The van der Waals surface area contributed by atoms with Crippen LogP contribution in [-0.2, 0) is 19.6 Å². The van der Waals surface area contributed by atoms with Gasteiger partial charge in [0.2, 0.25) is 5.91 Å². The smallest absolute Gasteiger partial charge is 0.306 e. The largest absolute Gasteiger partial charge is 0.481 e. The monoisotopic (exact) mass is 537 g/mol. The van der Waals surface area contributed by atoms with Gasteiger partial charge in [-0.25, -0.2) is 8.42 Å². The molecule has 1 heterocycles. The van der Waals surface area contributed by atoms with Crippen molar-refractivity contribution in [2.75, 3.05) is 24.4 Å². The molecule has 4 rings (SSSR count). The Balaban J connectivity index is 1.35. The van der Waals surface area contributed by atoms with Gasteiger partial charge in [-0.05, 0) is 61.4 Å². The highest BCUT2D eigenvalue weighted by atomic mass is 32.2. The summed E-state index contributed by atoms with van der Waals surface area (Å²) in [6, 6.07) is 20.9.